The highest BCUT2D eigenvalue weighted by molar-refractivity contribution is 7.91. The number of aliphatic hydroxyl groups excluding tert-OH is 1. The summed E-state index contributed by atoms with van der Waals surface area (Å²) in [7, 11) is -3.38. The number of hydrogen-bond acceptors (Lipinski definition) is 4. The van der Waals surface area contributed by atoms with Gasteiger partial charge in [0, 0.05) is 27.8 Å². The van der Waals surface area contributed by atoms with Gasteiger partial charge in [0.2, 0.25) is 0 Å². The molecule has 17 heavy (non-hydrogen) atoms. The van der Waals surface area contributed by atoms with E-state index in [-0.39, 0.29) is 23.7 Å². The molecule has 1 aromatic carbocycles. The molecule has 0 saturated heterocycles. The molecule has 94 valence electrons. The summed E-state index contributed by atoms with van der Waals surface area (Å²) in [4.78, 5) is 10.9. The van der Waals surface area contributed by atoms with Crippen molar-refractivity contribution in [3.8, 4) is 0 Å². The van der Waals surface area contributed by atoms with Crippen LogP contribution in [0.5, 0.6) is 0 Å². The van der Waals surface area contributed by atoms with E-state index in [1.807, 2.05) is 0 Å². The molecule has 0 atom stereocenters. The van der Waals surface area contributed by atoms with Gasteiger partial charge in [-0.2, -0.15) is 0 Å². The lowest BCUT2D eigenvalue weighted by atomic mass is 10.1. The summed E-state index contributed by atoms with van der Waals surface area (Å²) in [6.45, 7) is 3.20. The van der Waals surface area contributed by atoms with Gasteiger partial charge in [0.15, 0.2) is 9.84 Å². The average molecular weight is 258 g/mol. The molecule has 0 radical (unpaired) electrons. The number of nitrogens with one attached hydrogen (secondary N) is 1. The Balaban J connectivity index is 3.21. The number of rotatable bonds is 5. The largest absolute Gasteiger partial charge is 0.396 e. The van der Waals surface area contributed by atoms with Crippen molar-refractivity contribution >= 4 is 15.5 Å². The normalized spacial score (nSPS) is 11.5. The summed E-state index contributed by atoms with van der Waals surface area (Å²) < 4.78 is 23.8. The van der Waals surface area contributed by atoms with Crippen molar-refractivity contribution < 1.29 is 18.7 Å². The molecule has 0 bridgehead atoms. The second-order valence-electron chi connectivity index (χ2n) is 3.93. The van der Waals surface area contributed by atoms with Crippen LogP contribution >= 0.6 is 0 Å². The molecule has 6 heteroatoms. The third kappa shape index (κ3) is 3.10. The number of benzene rings is 1. The molecule has 0 aliphatic carbocycles. The summed E-state index contributed by atoms with van der Waals surface area (Å²) in [6, 6.07) is 2.94. The minimum Gasteiger partial charge on any atom is -0.396 e. The molecule has 5 nitrogen and oxygen atoms in total. The zero-order valence-electron chi connectivity index (χ0n) is 9.86. The van der Waals surface area contributed by atoms with Gasteiger partial charge in [0.1, 0.15) is 0 Å². The Morgan fingerprint density at radius 3 is 2.18 bits per heavy atom. The maximum atomic E-state index is 11.9. The molecule has 0 aliphatic rings. The third-order valence-corrected chi connectivity index (χ3v) is 4.32. The molecule has 0 spiro atoms. The Morgan fingerprint density at radius 1 is 1.24 bits per heavy atom. The Labute approximate surface area is 100 Å². The minimum absolute atomic E-state index is 0.0907. The zero-order valence-corrected chi connectivity index (χ0v) is 10.7. The van der Waals surface area contributed by atoms with Gasteiger partial charge in [0.25, 0.3) is 5.69 Å². The van der Waals surface area contributed by atoms with E-state index < -0.39 is 9.84 Å². The number of nitroso groups, excluding NO2 is 1. The van der Waals surface area contributed by atoms with Gasteiger partial charge < -0.3 is 5.11 Å². The van der Waals surface area contributed by atoms with E-state index in [1.54, 1.807) is 19.0 Å². The SMILES string of the molecule is Cc1cc(S(=O)(=O)CCCO)cc(C)c1[NH+]=O. The van der Waals surface area contributed by atoms with Gasteiger partial charge in [0.05, 0.1) is 10.6 Å². The fourth-order valence-electron chi connectivity index (χ4n) is 1.64. The van der Waals surface area contributed by atoms with Gasteiger partial charge in [-0.1, -0.05) is 0 Å². The summed E-state index contributed by atoms with van der Waals surface area (Å²) in [5.74, 6) is -0.0907. The van der Waals surface area contributed by atoms with Crippen LogP contribution in [0.15, 0.2) is 17.0 Å². The van der Waals surface area contributed by atoms with Crippen LogP contribution in [0.4, 0.5) is 5.69 Å². The van der Waals surface area contributed by atoms with E-state index >= 15 is 0 Å². The van der Waals surface area contributed by atoms with Crippen LogP contribution in [-0.2, 0) is 9.84 Å². The smallest absolute Gasteiger partial charge is 0.259 e. The lowest BCUT2D eigenvalue weighted by molar-refractivity contribution is -0.380. The molecule has 0 saturated carbocycles. The van der Waals surface area contributed by atoms with Crippen molar-refractivity contribution in [1.29, 1.82) is 0 Å². The van der Waals surface area contributed by atoms with Crippen molar-refractivity contribution in [1.82, 2.24) is 0 Å². The minimum atomic E-state index is -3.38. The Bertz CT molecular complexity index is 499. The molecular formula is C11H16NO4S+. The Morgan fingerprint density at radius 2 is 1.76 bits per heavy atom. The lowest BCUT2D eigenvalue weighted by Gasteiger charge is -2.05. The van der Waals surface area contributed by atoms with Crippen molar-refractivity contribution in [2.75, 3.05) is 12.4 Å². The highest BCUT2D eigenvalue weighted by Gasteiger charge is 2.19. The van der Waals surface area contributed by atoms with Crippen LogP contribution in [0.3, 0.4) is 0 Å². The second-order valence-corrected chi connectivity index (χ2v) is 6.04. The molecule has 0 fully saturated rings. The molecule has 0 aliphatic heterocycles. The van der Waals surface area contributed by atoms with Crippen LogP contribution in [0.25, 0.3) is 0 Å². The third-order valence-electron chi connectivity index (χ3n) is 2.54. The average Bonchev–Trinajstić information content (AvgIpc) is 2.26. The van der Waals surface area contributed by atoms with Crippen LogP contribution < -0.4 is 5.18 Å². The van der Waals surface area contributed by atoms with Gasteiger partial charge in [-0.3, -0.25) is 0 Å². The van der Waals surface area contributed by atoms with E-state index in [0.717, 1.165) is 0 Å². The van der Waals surface area contributed by atoms with Gasteiger partial charge in [-0.15, -0.1) is 0 Å². The molecule has 0 amide bonds. The van der Waals surface area contributed by atoms with Crippen LogP contribution in [0.2, 0.25) is 0 Å². The fourth-order valence-corrected chi connectivity index (χ4v) is 3.09. The quantitative estimate of drug-likeness (QED) is 0.774. The van der Waals surface area contributed by atoms with Crippen molar-refractivity contribution in [3.63, 3.8) is 0 Å². The predicted octanol–water partition coefficient (Wildman–Crippen LogP) is -0.0620. The first kappa shape index (κ1) is 13.8. The molecule has 0 heterocycles. The first-order valence-electron chi connectivity index (χ1n) is 5.25. The van der Waals surface area contributed by atoms with E-state index in [0.29, 0.717) is 16.8 Å². The van der Waals surface area contributed by atoms with E-state index in [2.05, 4.69) is 0 Å². The first-order valence-corrected chi connectivity index (χ1v) is 6.90. The number of aliphatic hydroxyl groups is 1. The van der Waals surface area contributed by atoms with E-state index in [9.17, 15) is 13.3 Å². The van der Waals surface area contributed by atoms with Gasteiger partial charge in [-0.25, -0.2) is 8.42 Å². The monoisotopic (exact) mass is 258 g/mol. The molecule has 0 aromatic heterocycles. The molecular weight excluding hydrogens is 242 g/mol. The maximum Gasteiger partial charge on any atom is 0.259 e. The second kappa shape index (κ2) is 5.37. The number of aryl methyl sites for hydroxylation is 2. The maximum absolute atomic E-state index is 11.9. The van der Waals surface area contributed by atoms with Gasteiger partial charge >= 0.3 is 0 Å². The zero-order chi connectivity index (χ0) is 13.1. The van der Waals surface area contributed by atoms with Crippen LogP contribution in [0.1, 0.15) is 17.5 Å². The van der Waals surface area contributed by atoms with Crippen molar-refractivity contribution in [2.45, 2.75) is 25.2 Å². The first-order chi connectivity index (χ1) is 7.92. The summed E-state index contributed by atoms with van der Waals surface area (Å²) in [5.41, 5.74) is 1.61. The van der Waals surface area contributed by atoms with Crippen LogP contribution in [0, 0.1) is 18.8 Å². The Kier molecular flexibility index (Phi) is 4.36. The molecule has 2 N–H and O–H groups in total. The van der Waals surface area contributed by atoms with Crippen LogP contribution in [-0.4, -0.2) is 25.9 Å². The number of sulfone groups is 1. The topological polar surface area (TPSA) is 85.4 Å². The Hall–Kier alpha value is -1.27. The van der Waals surface area contributed by atoms with Crippen molar-refractivity contribution in [2.24, 2.45) is 0 Å². The van der Waals surface area contributed by atoms with E-state index in [1.165, 1.54) is 12.1 Å². The van der Waals surface area contributed by atoms with Gasteiger partial charge in [-0.05, 0) is 32.4 Å². The molecule has 1 aromatic rings. The summed E-state index contributed by atoms with van der Waals surface area (Å²) in [6.07, 6.45) is 0.210. The highest BCUT2D eigenvalue weighted by atomic mass is 32.2. The highest BCUT2D eigenvalue weighted by Crippen LogP contribution is 2.21. The van der Waals surface area contributed by atoms with Crippen molar-refractivity contribution in [3.05, 3.63) is 28.2 Å². The summed E-state index contributed by atoms with van der Waals surface area (Å²) >= 11 is 0. The standard InChI is InChI=1S/C11H15NO4S/c1-8-6-10(7-9(2)11(8)12-14)17(15,16)5-3-4-13/h6-7,13H,3-5H2,1-2H3/p+1. The lowest BCUT2D eigenvalue weighted by Crippen LogP contribution is -2.57. The predicted molar refractivity (Wildman–Crippen MR) is 63.7 cm³/mol. The molecule has 1 rings (SSSR count). The summed E-state index contributed by atoms with van der Waals surface area (Å²) in [5, 5.41) is 10.5. The molecule has 0 unspecified atom stereocenters. The fraction of sp³-hybridized carbons (Fsp3) is 0.455. The van der Waals surface area contributed by atoms with E-state index in [4.69, 9.17) is 5.11 Å². The number of hydrogen-bond donors (Lipinski definition) is 2.